The summed E-state index contributed by atoms with van der Waals surface area (Å²) in [5.41, 5.74) is 9.20. The van der Waals surface area contributed by atoms with Crippen LogP contribution >= 0.6 is 0 Å². The fourth-order valence-corrected chi connectivity index (χ4v) is 3.27. The number of hydrogen-bond acceptors (Lipinski definition) is 3. The van der Waals surface area contributed by atoms with Gasteiger partial charge in [0.1, 0.15) is 11.6 Å². The number of benzene rings is 1. The van der Waals surface area contributed by atoms with Gasteiger partial charge in [0, 0.05) is 35.5 Å². The molecular formula is C24H34N2O2. The molecule has 2 aromatic rings. The van der Waals surface area contributed by atoms with Crippen molar-refractivity contribution in [1.29, 1.82) is 0 Å². The molecule has 0 amide bonds. The van der Waals surface area contributed by atoms with Gasteiger partial charge < -0.3 is 14.6 Å². The quantitative estimate of drug-likeness (QED) is 0.733. The van der Waals surface area contributed by atoms with Crippen LogP contribution in [0.5, 0.6) is 0 Å². The highest BCUT2D eigenvalue weighted by Crippen LogP contribution is 2.33. The van der Waals surface area contributed by atoms with E-state index in [0.717, 1.165) is 0 Å². The van der Waals surface area contributed by atoms with Gasteiger partial charge in [-0.2, -0.15) is 0 Å². The van der Waals surface area contributed by atoms with Crippen LogP contribution in [-0.2, 0) is 9.59 Å². The van der Waals surface area contributed by atoms with Crippen molar-refractivity contribution in [3.05, 3.63) is 57.9 Å². The van der Waals surface area contributed by atoms with E-state index in [1.54, 1.807) is 0 Å². The summed E-state index contributed by atoms with van der Waals surface area (Å²) in [4.78, 5) is 28.1. The number of hydrogen-bond donors (Lipinski definition) is 1. The van der Waals surface area contributed by atoms with Gasteiger partial charge >= 0.3 is 0 Å². The lowest BCUT2D eigenvalue weighted by Gasteiger charge is -2.09. The number of Topliss-reactive ketones (excluding diaryl/α,β-unsaturated/α-hetero) is 2. The summed E-state index contributed by atoms with van der Waals surface area (Å²) < 4.78 is 0. The van der Waals surface area contributed by atoms with Crippen molar-refractivity contribution < 1.29 is 9.59 Å². The lowest BCUT2D eigenvalue weighted by molar-refractivity contribution is -0.122. The van der Waals surface area contributed by atoms with E-state index >= 15 is 0 Å². The number of nitrogens with zero attached hydrogens (tertiary/aromatic N) is 1. The number of carbonyl (C=O) groups excluding carboxylic acids is 2. The normalized spacial score (nSPS) is 14.1. The predicted octanol–water partition coefficient (Wildman–Crippen LogP) is 5.76. The Kier molecular flexibility index (Phi) is 9.04. The zero-order valence-electron chi connectivity index (χ0n) is 18.6. The molecule has 1 atom stereocenters. The molecule has 0 radical (unpaired) electrons. The molecule has 1 unspecified atom stereocenters. The molecule has 2 heterocycles. The van der Waals surface area contributed by atoms with Gasteiger partial charge in [-0.05, 0) is 84.2 Å². The standard InChI is InChI=1S/C12H15N.C6H9N.C6H10O2/c1-7-5-6-8(2)12-10(4)13-9(3)11(7)12;1-5-3-4-6(2)7-5;1-5(7)3-4-6(2)8/h5-6,9H,1-4H3;3-4,7H,1-2H3;3-4H2,1-2H3. The third-order valence-electron chi connectivity index (χ3n) is 4.65. The van der Waals surface area contributed by atoms with E-state index in [0.29, 0.717) is 18.9 Å². The summed E-state index contributed by atoms with van der Waals surface area (Å²) in [5, 5.41) is 0. The smallest absolute Gasteiger partial charge is 0.130 e. The fraction of sp³-hybridized carbons (Fsp3) is 0.458. The first-order valence-electron chi connectivity index (χ1n) is 9.78. The first-order chi connectivity index (χ1) is 13.0. The molecule has 1 aromatic heterocycles. The molecule has 4 nitrogen and oxygen atoms in total. The molecule has 1 aromatic carbocycles. The van der Waals surface area contributed by atoms with Gasteiger partial charge in [-0.1, -0.05) is 12.1 Å². The molecule has 28 heavy (non-hydrogen) atoms. The molecule has 1 aliphatic rings. The number of H-pyrrole nitrogens is 1. The lowest BCUT2D eigenvalue weighted by Crippen LogP contribution is -1.98. The Hall–Kier alpha value is -2.49. The number of aromatic amines is 1. The number of aliphatic imine (C=N–C) groups is 1. The van der Waals surface area contributed by atoms with Crippen molar-refractivity contribution in [3.8, 4) is 0 Å². The van der Waals surface area contributed by atoms with Crippen LogP contribution in [0.4, 0.5) is 0 Å². The Labute approximate surface area is 169 Å². The van der Waals surface area contributed by atoms with Crippen molar-refractivity contribution in [2.24, 2.45) is 4.99 Å². The van der Waals surface area contributed by atoms with Crippen LogP contribution in [0.1, 0.15) is 80.2 Å². The maximum atomic E-state index is 10.2. The van der Waals surface area contributed by atoms with E-state index in [-0.39, 0.29) is 11.6 Å². The summed E-state index contributed by atoms with van der Waals surface area (Å²) in [6.45, 7) is 15.7. The Bertz CT molecular complexity index is 829. The van der Waals surface area contributed by atoms with Gasteiger partial charge in [0.2, 0.25) is 0 Å². The number of carbonyl (C=O) groups is 2. The van der Waals surface area contributed by atoms with E-state index in [4.69, 9.17) is 0 Å². The topological polar surface area (TPSA) is 62.3 Å². The van der Waals surface area contributed by atoms with Crippen molar-refractivity contribution in [2.45, 2.75) is 74.3 Å². The van der Waals surface area contributed by atoms with Gasteiger partial charge in [-0.25, -0.2) is 0 Å². The second-order valence-electron chi connectivity index (χ2n) is 7.61. The number of aromatic nitrogens is 1. The molecule has 0 saturated heterocycles. The highest BCUT2D eigenvalue weighted by molar-refractivity contribution is 6.04. The number of nitrogens with one attached hydrogen (secondary N) is 1. The van der Waals surface area contributed by atoms with Crippen molar-refractivity contribution in [1.82, 2.24) is 4.98 Å². The van der Waals surface area contributed by atoms with Crippen LogP contribution in [0, 0.1) is 27.7 Å². The minimum absolute atomic E-state index is 0.0835. The first-order valence-corrected chi connectivity index (χ1v) is 9.78. The van der Waals surface area contributed by atoms with Gasteiger partial charge in [-0.3, -0.25) is 4.99 Å². The maximum Gasteiger partial charge on any atom is 0.130 e. The Morgan fingerprint density at radius 3 is 1.68 bits per heavy atom. The minimum atomic E-state index is 0.0835. The molecule has 3 rings (SSSR count). The van der Waals surface area contributed by atoms with Crippen molar-refractivity contribution in [3.63, 3.8) is 0 Å². The number of aryl methyl sites for hydroxylation is 4. The van der Waals surface area contributed by atoms with E-state index in [1.807, 2.05) is 13.8 Å². The largest absolute Gasteiger partial charge is 0.363 e. The van der Waals surface area contributed by atoms with Gasteiger partial charge in [0.05, 0.1) is 6.04 Å². The van der Waals surface area contributed by atoms with Crippen LogP contribution in [-0.4, -0.2) is 22.3 Å². The monoisotopic (exact) mass is 382 g/mol. The molecule has 4 heteroatoms. The molecule has 0 saturated carbocycles. The molecule has 0 spiro atoms. The van der Waals surface area contributed by atoms with E-state index in [1.165, 1.54) is 53.2 Å². The second-order valence-corrected chi connectivity index (χ2v) is 7.61. The Balaban J connectivity index is 0.000000226. The van der Waals surface area contributed by atoms with Crippen LogP contribution in [0.25, 0.3) is 0 Å². The zero-order valence-corrected chi connectivity index (χ0v) is 18.6. The zero-order chi connectivity index (χ0) is 21.4. The summed E-state index contributed by atoms with van der Waals surface area (Å²) in [7, 11) is 0. The van der Waals surface area contributed by atoms with E-state index in [2.05, 4.69) is 61.9 Å². The lowest BCUT2D eigenvalue weighted by atomic mass is 9.94. The number of fused-ring (bicyclic) bond motifs is 1. The molecule has 0 aliphatic carbocycles. The molecular weight excluding hydrogens is 348 g/mol. The molecule has 1 N–H and O–H groups in total. The van der Waals surface area contributed by atoms with Crippen molar-refractivity contribution >= 4 is 17.3 Å². The van der Waals surface area contributed by atoms with E-state index in [9.17, 15) is 9.59 Å². The molecule has 1 aliphatic heterocycles. The van der Waals surface area contributed by atoms with Crippen LogP contribution < -0.4 is 0 Å². The average molecular weight is 383 g/mol. The summed E-state index contributed by atoms with van der Waals surface area (Å²) in [6, 6.07) is 8.86. The Morgan fingerprint density at radius 1 is 0.857 bits per heavy atom. The van der Waals surface area contributed by atoms with Gasteiger partial charge in [0.15, 0.2) is 0 Å². The van der Waals surface area contributed by atoms with Gasteiger partial charge in [-0.15, -0.1) is 0 Å². The van der Waals surface area contributed by atoms with Gasteiger partial charge in [0.25, 0.3) is 0 Å². The molecule has 0 fully saturated rings. The summed E-state index contributed by atoms with van der Waals surface area (Å²) in [5.74, 6) is 0.167. The number of rotatable bonds is 3. The van der Waals surface area contributed by atoms with Crippen LogP contribution in [0.2, 0.25) is 0 Å². The third-order valence-corrected chi connectivity index (χ3v) is 4.65. The number of ketones is 2. The Morgan fingerprint density at radius 2 is 1.32 bits per heavy atom. The fourth-order valence-electron chi connectivity index (χ4n) is 3.27. The molecule has 0 bridgehead atoms. The predicted molar refractivity (Wildman–Crippen MR) is 117 cm³/mol. The van der Waals surface area contributed by atoms with Crippen LogP contribution in [0.3, 0.4) is 0 Å². The minimum Gasteiger partial charge on any atom is -0.363 e. The average Bonchev–Trinajstić information content (AvgIpc) is 3.12. The highest BCUT2D eigenvalue weighted by atomic mass is 16.1. The second kappa shape index (κ2) is 10.7. The highest BCUT2D eigenvalue weighted by Gasteiger charge is 2.22. The first kappa shape index (κ1) is 23.5. The summed E-state index contributed by atoms with van der Waals surface area (Å²) in [6.07, 6.45) is 0.796. The SMILES string of the molecule is CC(=O)CCC(C)=O.CC1=NC(C)c2c(C)ccc(C)c21.Cc1ccc(C)[nH]1. The van der Waals surface area contributed by atoms with Crippen molar-refractivity contribution in [2.75, 3.05) is 0 Å². The maximum absolute atomic E-state index is 10.2. The summed E-state index contributed by atoms with van der Waals surface area (Å²) >= 11 is 0. The van der Waals surface area contributed by atoms with Crippen LogP contribution in [0.15, 0.2) is 29.3 Å². The molecule has 152 valence electrons. The third kappa shape index (κ3) is 7.26. The van der Waals surface area contributed by atoms with E-state index < -0.39 is 0 Å².